The van der Waals surface area contributed by atoms with Gasteiger partial charge in [0.15, 0.2) is 0 Å². The third kappa shape index (κ3) is 3.47. The molecule has 3 rings (SSSR count). The molecule has 2 aliphatic heterocycles. The number of ether oxygens (including phenoxy) is 1. The number of rotatable bonds is 4. The molecule has 2 saturated heterocycles. The molecule has 0 aromatic carbocycles. The zero-order valence-electron chi connectivity index (χ0n) is 13.3. The average Bonchev–Trinajstić information content (AvgIpc) is 2.92. The molecule has 0 radical (unpaired) electrons. The average molecular weight is 292 g/mol. The maximum Gasteiger partial charge on any atom is 0.105 e. The van der Waals surface area contributed by atoms with Crippen LogP contribution in [0.25, 0.3) is 0 Å². The van der Waals surface area contributed by atoms with Crippen molar-refractivity contribution in [1.29, 1.82) is 0 Å². The largest absolute Gasteiger partial charge is 0.372 e. The Bertz CT molecular complexity index is 443. The van der Waals surface area contributed by atoms with Crippen LogP contribution in [0.2, 0.25) is 0 Å². The van der Waals surface area contributed by atoms with Gasteiger partial charge in [0.05, 0.1) is 12.2 Å². The lowest BCUT2D eigenvalue weighted by atomic mass is 9.89. The van der Waals surface area contributed by atoms with Crippen LogP contribution in [0.1, 0.15) is 32.0 Å². The number of morpholine rings is 1. The number of likely N-dealkylation sites (tertiary alicyclic amines) is 1. The Morgan fingerprint density at radius 1 is 1.43 bits per heavy atom. The van der Waals surface area contributed by atoms with E-state index in [2.05, 4.69) is 39.8 Å². The first kappa shape index (κ1) is 15.0. The number of hydrogen-bond acceptors (Lipinski definition) is 4. The number of aromatic nitrogens is 2. The fourth-order valence-electron chi connectivity index (χ4n) is 3.55. The SMILES string of the molecule is Cc1nccn1CCC(C)N1CCC2(CC1)CNCCO2. The van der Waals surface area contributed by atoms with Crippen molar-refractivity contribution in [1.82, 2.24) is 19.8 Å². The van der Waals surface area contributed by atoms with Gasteiger partial charge in [0, 0.05) is 51.2 Å². The minimum Gasteiger partial charge on any atom is -0.372 e. The van der Waals surface area contributed by atoms with Crippen LogP contribution in [0, 0.1) is 6.92 Å². The summed E-state index contributed by atoms with van der Waals surface area (Å²) in [7, 11) is 0. The fraction of sp³-hybridized carbons (Fsp3) is 0.812. The van der Waals surface area contributed by atoms with Crippen molar-refractivity contribution in [2.75, 3.05) is 32.8 Å². The maximum atomic E-state index is 6.07. The van der Waals surface area contributed by atoms with Crippen LogP contribution < -0.4 is 5.32 Å². The van der Waals surface area contributed by atoms with E-state index in [1.165, 1.54) is 6.42 Å². The quantitative estimate of drug-likeness (QED) is 0.911. The molecule has 1 aromatic rings. The number of nitrogens with zero attached hydrogens (tertiary/aromatic N) is 3. The van der Waals surface area contributed by atoms with Crippen LogP contribution in [-0.2, 0) is 11.3 Å². The van der Waals surface area contributed by atoms with Gasteiger partial charge >= 0.3 is 0 Å². The highest BCUT2D eigenvalue weighted by molar-refractivity contribution is 4.93. The molecule has 118 valence electrons. The first-order valence-electron chi connectivity index (χ1n) is 8.25. The van der Waals surface area contributed by atoms with Gasteiger partial charge in [-0.25, -0.2) is 4.98 Å². The molecule has 2 fully saturated rings. The fourth-order valence-corrected chi connectivity index (χ4v) is 3.55. The van der Waals surface area contributed by atoms with E-state index in [0.29, 0.717) is 6.04 Å². The number of piperidine rings is 1. The third-order valence-electron chi connectivity index (χ3n) is 5.18. The van der Waals surface area contributed by atoms with Crippen molar-refractivity contribution in [3.05, 3.63) is 18.2 Å². The standard InChI is InChI=1S/C16H28N4O/c1-14(3-8-20-11-6-18-15(20)2)19-9-4-16(5-10-19)13-17-7-12-21-16/h6,11,14,17H,3-5,7-10,12-13H2,1-2H3. The monoisotopic (exact) mass is 292 g/mol. The minimum atomic E-state index is 0.120. The molecule has 21 heavy (non-hydrogen) atoms. The van der Waals surface area contributed by atoms with Crippen LogP contribution in [0.4, 0.5) is 0 Å². The predicted molar refractivity (Wildman–Crippen MR) is 83.4 cm³/mol. The van der Waals surface area contributed by atoms with Crippen molar-refractivity contribution in [3.63, 3.8) is 0 Å². The zero-order valence-corrected chi connectivity index (χ0v) is 13.3. The minimum absolute atomic E-state index is 0.120. The molecule has 1 N–H and O–H groups in total. The summed E-state index contributed by atoms with van der Waals surface area (Å²) in [5.41, 5.74) is 0.120. The van der Waals surface area contributed by atoms with Crippen LogP contribution in [0.5, 0.6) is 0 Å². The second-order valence-electron chi connectivity index (χ2n) is 6.55. The highest BCUT2D eigenvalue weighted by atomic mass is 16.5. The smallest absolute Gasteiger partial charge is 0.105 e. The van der Waals surface area contributed by atoms with E-state index >= 15 is 0 Å². The van der Waals surface area contributed by atoms with Gasteiger partial charge < -0.3 is 19.5 Å². The predicted octanol–water partition coefficient (Wildman–Crippen LogP) is 1.42. The van der Waals surface area contributed by atoms with E-state index in [4.69, 9.17) is 4.74 Å². The van der Waals surface area contributed by atoms with Gasteiger partial charge in [0.25, 0.3) is 0 Å². The first-order valence-corrected chi connectivity index (χ1v) is 8.25. The van der Waals surface area contributed by atoms with Crippen molar-refractivity contribution in [3.8, 4) is 0 Å². The molecule has 2 aliphatic rings. The van der Waals surface area contributed by atoms with E-state index in [9.17, 15) is 0 Å². The van der Waals surface area contributed by atoms with Crippen LogP contribution in [-0.4, -0.2) is 58.9 Å². The van der Waals surface area contributed by atoms with Crippen molar-refractivity contribution < 1.29 is 4.74 Å². The summed E-state index contributed by atoms with van der Waals surface area (Å²) in [5.74, 6) is 1.11. The van der Waals surface area contributed by atoms with E-state index in [1.807, 2.05) is 6.20 Å². The maximum absolute atomic E-state index is 6.07. The number of aryl methyl sites for hydroxylation is 2. The Hall–Kier alpha value is -0.910. The number of imidazole rings is 1. The summed E-state index contributed by atoms with van der Waals surface area (Å²) < 4.78 is 8.31. The van der Waals surface area contributed by atoms with Gasteiger partial charge in [0.1, 0.15) is 5.82 Å². The molecule has 1 unspecified atom stereocenters. The van der Waals surface area contributed by atoms with E-state index in [-0.39, 0.29) is 5.60 Å². The van der Waals surface area contributed by atoms with Crippen molar-refractivity contribution in [2.45, 2.75) is 51.3 Å². The van der Waals surface area contributed by atoms with Crippen molar-refractivity contribution in [2.24, 2.45) is 0 Å². The normalized spacial score (nSPS) is 24.3. The second kappa shape index (κ2) is 6.46. The molecule has 0 saturated carbocycles. The van der Waals surface area contributed by atoms with Crippen LogP contribution in [0.3, 0.4) is 0 Å². The first-order chi connectivity index (χ1) is 10.2. The molecule has 1 aromatic heterocycles. The Kier molecular flexibility index (Phi) is 4.62. The Labute approximate surface area is 127 Å². The zero-order chi connectivity index (χ0) is 14.7. The summed E-state index contributed by atoms with van der Waals surface area (Å²) in [6.07, 6.45) is 7.47. The third-order valence-corrected chi connectivity index (χ3v) is 5.18. The summed E-state index contributed by atoms with van der Waals surface area (Å²) in [5, 5.41) is 3.49. The molecule has 3 heterocycles. The van der Waals surface area contributed by atoms with Gasteiger partial charge in [0.2, 0.25) is 0 Å². The highest BCUT2D eigenvalue weighted by Crippen LogP contribution is 2.28. The molecular formula is C16H28N4O. The highest BCUT2D eigenvalue weighted by Gasteiger charge is 2.37. The Balaban J connectivity index is 1.46. The molecule has 0 bridgehead atoms. The van der Waals surface area contributed by atoms with Crippen LogP contribution in [0.15, 0.2) is 12.4 Å². The lowest BCUT2D eigenvalue weighted by Crippen LogP contribution is -2.56. The molecule has 5 nitrogen and oxygen atoms in total. The molecule has 0 amide bonds. The molecule has 0 aliphatic carbocycles. The Morgan fingerprint density at radius 3 is 2.86 bits per heavy atom. The van der Waals surface area contributed by atoms with E-state index in [1.54, 1.807) is 0 Å². The lowest BCUT2D eigenvalue weighted by Gasteiger charge is -2.45. The molecular weight excluding hydrogens is 264 g/mol. The number of hydrogen-bond donors (Lipinski definition) is 1. The van der Waals surface area contributed by atoms with Gasteiger partial charge in [-0.2, -0.15) is 0 Å². The topological polar surface area (TPSA) is 42.3 Å². The van der Waals surface area contributed by atoms with E-state index in [0.717, 1.165) is 58.0 Å². The summed E-state index contributed by atoms with van der Waals surface area (Å²) >= 11 is 0. The van der Waals surface area contributed by atoms with Gasteiger partial charge in [-0.1, -0.05) is 0 Å². The van der Waals surface area contributed by atoms with Gasteiger partial charge in [-0.05, 0) is 33.1 Å². The lowest BCUT2D eigenvalue weighted by molar-refractivity contribution is -0.104. The summed E-state index contributed by atoms with van der Waals surface area (Å²) in [6, 6.07) is 0.626. The van der Waals surface area contributed by atoms with Crippen molar-refractivity contribution >= 4 is 0 Å². The summed E-state index contributed by atoms with van der Waals surface area (Å²) in [4.78, 5) is 6.91. The van der Waals surface area contributed by atoms with Gasteiger partial charge in [-0.3, -0.25) is 0 Å². The summed E-state index contributed by atoms with van der Waals surface area (Å²) in [6.45, 7) is 10.7. The number of nitrogens with one attached hydrogen (secondary N) is 1. The molecule has 1 spiro atoms. The van der Waals surface area contributed by atoms with Gasteiger partial charge in [-0.15, -0.1) is 0 Å². The van der Waals surface area contributed by atoms with E-state index < -0.39 is 0 Å². The second-order valence-corrected chi connectivity index (χ2v) is 6.55. The van der Waals surface area contributed by atoms with Crippen LogP contribution >= 0.6 is 0 Å². The Morgan fingerprint density at radius 2 is 2.24 bits per heavy atom. The molecule has 5 heteroatoms. The molecule has 1 atom stereocenters.